The van der Waals surface area contributed by atoms with E-state index in [1.807, 2.05) is 35.7 Å². The van der Waals surface area contributed by atoms with Crippen molar-refractivity contribution in [2.24, 2.45) is 0 Å². The molecule has 2 aromatic heterocycles. The molecule has 0 aliphatic rings. The summed E-state index contributed by atoms with van der Waals surface area (Å²) in [6.45, 7) is -0.0943. The maximum Gasteiger partial charge on any atom is 0.291 e. The fourth-order valence-electron chi connectivity index (χ4n) is 2.91. The molecule has 7 nitrogen and oxygen atoms in total. The summed E-state index contributed by atoms with van der Waals surface area (Å²) in [5, 5.41) is 5.93. The molecule has 30 heavy (non-hydrogen) atoms. The summed E-state index contributed by atoms with van der Waals surface area (Å²) in [6, 6.07) is 12.9. The van der Waals surface area contributed by atoms with E-state index in [0.717, 1.165) is 25.7 Å². The molecule has 2 heterocycles. The van der Waals surface area contributed by atoms with Gasteiger partial charge in [-0.3, -0.25) is 0 Å². The number of benzene rings is 2. The molecule has 4 rings (SSSR count). The van der Waals surface area contributed by atoms with Crippen molar-refractivity contribution in [3.05, 3.63) is 69.4 Å². The summed E-state index contributed by atoms with van der Waals surface area (Å²) in [5.41, 5.74) is 1.48. The second kappa shape index (κ2) is 8.52. The van der Waals surface area contributed by atoms with E-state index in [1.54, 1.807) is 21.6 Å². The lowest BCUT2D eigenvalue weighted by atomic mass is 10.2. The van der Waals surface area contributed by atoms with Crippen LogP contribution in [0.3, 0.4) is 0 Å². The third kappa shape index (κ3) is 5.01. The standard InChI is InChI=1S/C18H16ClN3O4S4/c19-14-5-6-18-16(7-14)13(11-28-18)9-21-30(25,26)22-29(23,24)20-8-12-10-27-17-4-2-1-3-15(12)17/h1-7,10-11,20-22H,8-9H2. The third-order valence-electron chi connectivity index (χ3n) is 4.30. The number of rotatable bonds is 8. The molecule has 0 bridgehead atoms. The Morgan fingerprint density at radius 3 is 2.00 bits per heavy atom. The second-order valence-electron chi connectivity index (χ2n) is 6.39. The molecular weight excluding hydrogens is 486 g/mol. The van der Waals surface area contributed by atoms with Crippen LogP contribution >= 0.6 is 34.3 Å². The van der Waals surface area contributed by atoms with Crippen molar-refractivity contribution in [1.82, 2.24) is 13.6 Å². The lowest BCUT2D eigenvalue weighted by Gasteiger charge is -2.10. The summed E-state index contributed by atoms with van der Waals surface area (Å²) in [7, 11) is -8.59. The van der Waals surface area contributed by atoms with Gasteiger partial charge in [0.2, 0.25) is 0 Å². The molecule has 0 saturated carbocycles. The number of fused-ring (bicyclic) bond motifs is 2. The summed E-state index contributed by atoms with van der Waals surface area (Å²) in [6.07, 6.45) is 0. The van der Waals surface area contributed by atoms with Crippen LogP contribution in [0, 0.1) is 0 Å². The van der Waals surface area contributed by atoms with E-state index in [9.17, 15) is 16.8 Å². The lowest BCUT2D eigenvalue weighted by Crippen LogP contribution is -2.45. The number of hydrogen-bond acceptors (Lipinski definition) is 6. The fourth-order valence-corrected chi connectivity index (χ4v) is 7.31. The minimum atomic E-state index is -4.30. The van der Waals surface area contributed by atoms with Gasteiger partial charge in [0.25, 0.3) is 20.4 Å². The van der Waals surface area contributed by atoms with Crippen LogP contribution in [0.2, 0.25) is 5.02 Å². The Labute approximate surface area is 187 Å². The first-order chi connectivity index (χ1) is 14.2. The Kier molecular flexibility index (Phi) is 6.15. The number of halogens is 1. The van der Waals surface area contributed by atoms with Crippen LogP contribution in [0.1, 0.15) is 11.1 Å². The topological polar surface area (TPSA) is 104 Å². The van der Waals surface area contributed by atoms with E-state index in [1.165, 1.54) is 22.7 Å². The lowest BCUT2D eigenvalue weighted by molar-refractivity contribution is 0.560. The van der Waals surface area contributed by atoms with E-state index in [4.69, 9.17) is 11.6 Å². The molecule has 0 aliphatic heterocycles. The van der Waals surface area contributed by atoms with Crippen LogP contribution in [0.5, 0.6) is 0 Å². The molecule has 0 spiro atoms. The van der Waals surface area contributed by atoms with Gasteiger partial charge in [0.1, 0.15) is 0 Å². The van der Waals surface area contributed by atoms with Crippen LogP contribution < -0.4 is 13.6 Å². The first-order valence-electron chi connectivity index (χ1n) is 8.61. The highest BCUT2D eigenvalue weighted by atomic mass is 35.5. The second-order valence-corrected chi connectivity index (χ2v) is 11.9. The summed E-state index contributed by atoms with van der Waals surface area (Å²) >= 11 is 8.95. The van der Waals surface area contributed by atoms with Crippen molar-refractivity contribution < 1.29 is 16.8 Å². The molecule has 3 N–H and O–H groups in total. The first-order valence-corrected chi connectivity index (χ1v) is 13.7. The highest BCUT2D eigenvalue weighted by Gasteiger charge is 2.21. The highest BCUT2D eigenvalue weighted by Crippen LogP contribution is 2.28. The monoisotopic (exact) mass is 501 g/mol. The SMILES string of the molecule is O=S(=O)(NCc1csc2ccccc12)NS(=O)(=O)NCc1csc2ccc(Cl)cc12. The Bertz CT molecular complexity index is 1430. The van der Waals surface area contributed by atoms with Gasteiger partial charge in [0.05, 0.1) is 0 Å². The summed E-state index contributed by atoms with van der Waals surface area (Å²) in [5.74, 6) is 0. The third-order valence-corrected chi connectivity index (χ3v) is 9.37. The predicted octanol–water partition coefficient (Wildman–Crippen LogP) is 3.73. The Hall–Kier alpha value is -1.57. The maximum absolute atomic E-state index is 12.3. The van der Waals surface area contributed by atoms with Crippen molar-refractivity contribution in [1.29, 1.82) is 0 Å². The zero-order chi connectivity index (χ0) is 21.4. The molecule has 0 aliphatic carbocycles. The molecule has 0 saturated heterocycles. The number of hydrogen-bond donors (Lipinski definition) is 3. The molecule has 4 aromatic rings. The molecule has 0 amide bonds. The van der Waals surface area contributed by atoms with E-state index in [-0.39, 0.29) is 13.1 Å². The van der Waals surface area contributed by atoms with Crippen molar-refractivity contribution >= 4 is 74.9 Å². The van der Waals surface area contributed by atoms with Gasteiger partial charge in [0, 0.05) is 27.5 Å². The molecule has 0 radical (unpaired) electrons. The highest BCUT2D eigenvalue weighted by molar-refractivity contribution is 8.02. The molecule has 0 atom stereocenters. The average molecular weight is 502 g/mol. The van der Waals surface area contributed by atoms with Crippen LogP contribution in [0.4, 0.5) is 0 Å². The molecule has 158 valence electrons. The normalized spacial score (nSPS) is 12.7. The van der Waals surface area contributed by atoms with Gasteiger partial charge in [-0.2, -0.15) is 26.3 Å². The predicted molar refractivity (Wildman–Crippen MR) is 123 cm³/mol. The minimum absolute atomic E-state index is 0.0253. The van der Waals surface area contributed by atoms with E-state index in [0.29, 0.717) is 10.6 Å². The smallest absolute Gasteiger partial charge is 0.197 e. The Morgan fingerprint density at radius 1 is 0.767 bits per heavy atom. The van der Waals surface area contributed by atoms with Gasteiger partial charge < -0.3 is 0 Å². The fraction of sp³-hybridized carbons (Fsp3) is 0.111. The molecular formula is C18H16ClN3O4S4. The quantitative estimate of drug-likeness (QED) is 0.342. The van der Waals surface area contributed by atoms with Gasteiger partial charge in [-0.15, -0.1) is 22.7 Å². The summed E-state index contributed by atoms with van der Waals surface area (Å²) < 4.78 is 57.2. The van der Waals surface area contributed by atoms with Crippen LogP contribution in [-0.4, -0.2) is 16.8 Å². The molecule has 0 unspecified atom stereocenters. The summed E-state index contributed by atoms with van der Waals surface area (Å²) in [4.78, 5) is 0. The molecule has 0 fully saturated rings. The van der Waals surface area contributed by atoms with Crippen molar-refractivity contribution in [2.75, 3.05) is 0 Å². The van der Waals surface area contributed by atoms with Gasteiger partial charge in [-0.25, -0.2) is 0 Å². The van der Waals surface area contributed by atoms with Crippen LogP contribution in [-0.2, 0) is 33.5 Å². The van der Waals surface area contributed by atoms with E-state index < -0.39 is 20.4 Å². The van der Waals surface area contributed by atoms with E-state index >= 15 is 0 Å². The van der Waals surface area contributed by atoms with Gasteiger partial charge in [0.15, 0.2) is 0 Å². The maximum atomic E-state index is 12.3. The van der Waals surface area contributed by atoms with Crippen molar-refractivity contribution in [2.45, 2.75) is 13.1 Å². The Morgan fingerprint density at radius 2 is 1.33 bits per heavy atom. The molecule has 12 heteroatoms. The zero-order valence-corrected chi connectivity index (χ0v) is 19.3. The first kappa shape index (κ1) is 21.7. The van der Waals surface area contributed by atoms with Crippen LogP contribution in [0.25, 0.3) is 20.2 Å². The zero-order valence-electron chi connectivity index (χ0n) is 15.3. The molecule has 2 aromatic carbocycles. The Balaban J connectivity index is 1.40. The van der Waals surface area contributed by atoms with E-state index in [2.05, 4.69) is 9.44 Å². The van der Waals surface area contributed by atoms with Gasteiger partial charge in [-0.05, 0) is 56.9 Å². The van der Waals surface area contributed by atoms with Gasteiger partial charge >= 0.3 is 0 Å². The minimum Gasteiger partial charge on any atom is -0.197 e. The van der Waals surface area contributed by atoms with Crippen LogP contribution in [0.15, 0.2) is 53.2 Å². The average Bonchev–Trinajstić information content (AvgIpc) is 3.28. The largest absolute Gasteiger partial charge is 0.291 e. The van der Waals surface area contributed by atoms with Crippen molar-refractivity contribution in [3.8, 4) is 0 Å². The van der Waals surface area contributed by atoms with Gasteiger partial charge in [-0.1, -0.05) is 33.9 Å². The number of thiophene rings is 2. The number of nitrogens with one attached hydrogen (secondary N) is 3. The van der Waals surface area contributed by atoms with Crippen molar-refractivity contribution in [3.63, 3.8) is 0 Å².